The van der Waals surface area contributed by atoms with E-state index in [2.05, 4.69) is 12.3 Å². The molecule has 0 saturated carbocycles. The van der Waals surface area contributed by atoms with Crippen LogP contribution in [0.25, 0.3) is 0 Å². The monoisotopic (exact) mass is 256 g/mol. The largest absolute Gasteiger partial charge is 0.492 e. The zero-order chi connectivity index (χ0) is 12.5. The minimum Gasteiger partial charge on any atom is -0.492 e. The van der Waals surface area contributed by atoms with E-state index in [0.29, 0.717) is 11.6 Å². The van der Waals surface area contributed by atoms with Gasteiger partial charge in [0.15, 0.2) is 0 Å². The number of rotatable bonds is 8. The van der Waals surface area contributed by atoms with Crippen molar-refractivity contribution in [2.24, 2.45) is 5.84 Å². The summed E-state index contributed by atoms with van der Waals surface area (Å²) in [5, 5.41) is 0.716. The molecule has 0 aromatic heterocycles. The van der Waals surface area contributed by atoms with Crippen LogP contribution in [0.15, 0.2) is 24.3 Å². The van der Waals surface area contributed by atoms with E-state index in [0.717, 1.165) is 12.2 Å². The van der Waals surface area contributed by atoms with Crippen molar-refractivity contribution < 1.29 is 4.74 Å². The number of hydrogen-bond acceptors (Lipinski definition) is 3. The van der Waals surface area contributed by atoms with Gasteiger partial charge in [0.1, 0.15) is 12.4 Å². The van der Waals surface area contributed by atoms with Crippen LogP contribution < -0.4 is 16.0 Å². The van der Waals surface area contributed by atoms with Gasteiger partial charge in [-0.05, 0) is 30.7 Å². The molecule has 1 aromatic carbocycles. The first-order chi connectivity index (χ1) is 8.26. The van der Waals surface area contributed by atoms with E-state index < -0.39 is 0 Å². The molecule has 0 bridgehead atoms. The second-order valence-electron chi connectivity index (χ2n) is 4.12. The van der Waals surface area contributed by atoms with Gasteiger partial charge in [0, 0.05) is 5.02 Å². The lowest BCUT2D eigenvalue weighted by molar-refractivity contribution is 0.254. The maximum absolute atomic E-state index is 5.80. The molecule has 3 N–H and O–H groups in total. The van der Waals surface area contributed by atoms with Crippen molar-refractivity contribution in [3.8, 4) is 5.75 Å². The quantitative estimate of drug-likeness (QED) is 0.427. The molecular formula is C13H21ClN2O. The highest BCUT2D eigenvalue weighted by atomic mass is 35.5. The number of halogens is 1. The molecule has 17 heavy (non-hydrogen) atoms. The summed E-state index contributed by atoms with van der Waals surface area (Å²) in [6.45, 7) is 2.77. The Kier molecular flexibility index (Phi) is 7.01. The Morgan fingerprint density at radius 1 is 1.29 bits per heavy atom. The molecule has 0 fully saturated rings. The molecule has 0 aliphatic carbocycles. The van der Waals surface area contributed by atoms with Gasteiger partial charge in [-0.2, -0.15) is 0 Å². The van der Waals surface area contributed by atoms with Crippen LogP contribution in [0.1, 0.15) is 32.6 Å². The fraction of sp³-hybridized carbons (Fsp3) is 0.538. The molecule has 0 spiro atoms. The molecule has 0 aliphatic rings. The zero-order valence-corrected chi connectivity index (χ0v) is 11.0. The lowest BCUT2D eigenvalue weighted by atomic mass is 10.1. The van der Waals surface area contributed by atoms with Crippen LogP contribution in [-0.2, 0) is 0 Å². The first kappa shape index (κ1) is 14.3. The summed E-state index contributed by atoms with van der Waals surface area (Å²) in [5.74, 6) is 6.32. The zero-order valence-electron chi connectivity index (χ0n) is 10.3. The Morgan fingerprint density at radius 3 is 2.59 bits per heavy atom. The van der Waals surface area contributed by atoms with Crippen LogP contribution in [0.4, 0.5) is 0 Å². The van der Waals surface area contributed by atoms with Crippen molar-refractivity contribution in [2.45, 2.75) is 38.6 Å². The second kappa shape index (κ2) is 8.34. The molecule has 3 nitrogen and oxygen atoms in total. The minimum absolute atomic E-state index is 0.206. The Morgan fingerprint density at radius 2 is 2.00 bits per heavy atom. The van der Waals surface area contributed by atoms with Crippen molar-refractivity contribution in [1.82, 2.24) is 5.43 Å². The summed E-state index contributed by atoms with van der Waals surface area (Å²) in [6.07, 6.45) is 4.67. The van der Waals surface area contributed by atoms with Gasteiger partial charge < -0.3 is 4.74 Å². The summed E-state index contributed by atoms with van der Waals surface area (Å²) in [4.78, 5) is 0. The predicted octanol–water partition coefficient (Wildman–Crippen LogP) is 3.13. The maximum atomic E-state index is 5.80. The van der Waals surface area contributed by atoms with Crippen molar-refractivity contribution >= 4 is 11.6 Å². The highest BCUT2D eigenvalue weighted by Gasteiger charge is 2.06. The molecule has 1 aromatic rings. The van der Waals surface area contributed by atoms with Gasteiger partial charge in [-0.3, -0.25) is 11.3 Å². The van der Waals surface area contributed by atoms with E-state index in [1.165, 1.54) is 19.3 Å². The Balaban J connectivity index is 2.29. The molecule has 0 aliphatic heterocycles. The van der Waals surface area contributed by atoms with Gasteiger partial charge in [0.2, 0.25) is 0 Å². The Bertz CT molecular complexity index is 303. The van der Waals surface area contributed by atoms with E-state index in [9.17, 15) is 0 Å². The van der Waals surface area contributed by atoms with Crippen LogP contribution in [-0.4, -0.2) is 12.6 Å². The number of ether oxygens (including phenoxy) is 1. The van der Waals surface area contributed by atoms with Crippen LogP contribution in [0.2, 0.25) is 5.02 Å². The fourth-order valence-electron chi connectivity index (χ4n) is 1.58. The van der Waals surface area contributed by atoms with Crippen molar-refractivity contribution in [3.63, 3.8) is 0 Å². The lowest BCUT2D eigenvalue weighted by Crippen LogP contribution is -2.39. The van der Waals surface area contributed by atoms with Gasteiger partial charge in [0.25, 0.3) is 0 Å². The number of nitrogens with two attached hydrogens (primary N) is 1. The first-order valence-electron chi connectivity index (χ1n) is 6.10. The third-order valence-corrected chi connectivity index (χ3v) is 2.91. The maximum Gasteiger partial charge on any atom is 0.119 e. The highest BCUT2D eigenvalue weighted by molar-refractivity contribution is 6.30. The minimum atomic E-state index is 0.206. The van der Waals surface area contributed by atoms with Crippen molar-refractivity contribution in [2.75, 3.05) is 6.61 Å². The second-order valence-corrected chi connectivity index (χ2v) is 4.56. The number of unbranched alkanes of at least 4 members (excludes halogenated alkanes) is 2. The average molecular weight is 257 g/mol. The number of benzene rings is 1. The average Bonchev–Trinajstić information content (AvgIpc) is 2.35. The van der Waals surface area contributed by atoms with E-state index in [1.807, 2.05) is 24.3 Å². The van der Waals surface area contributed by atoms with E-state index in [-0.39, 0.29) is 6.04 Å². The molecule has 0 amide bonds. The van der Waals surface area contributed by atoms with Gasteiger partial charge in [-0.15, -0.1) is 0 Å². The fourth-order valence-corrected chi connectivity index (χ4v) is 1.71. The lowest BCUT2D eigenvalue weighted by Gasteiger charge is -2.16. The van der Waals surface area contributed by atoms with Crippen LogP contribution in [0.3, 0.4) is 0 Å². The predicted molar refractivity (Wildman–Crippen MR) is 72.2 cm³/mol. The summed E-state index contributed by atoms with van der Waals surface area (Å²) < 4.78 is 5.64. The van der Waals surface area contributed by atoms with Gasteiger partial charge in [0.05, 0.1) is 6.04 Å². The molecule has 0 saturated heterocycles. The van der Waals surface area contributed by atoms with Gasteiger partial charge >= 0.3 is 0 Å². The Hall–Kier alpha value is -0.770. The normalized spacial score (nSPS) is 12.4. The molecular weight excluding hydrogens is 236 g/mol. The first-order valence-corrected chi connectivity index (χ1v) is 6.48. The molecule has 0 radical (unpaired) electrons. The summed E-state index contributed by atoms with van der Waals surface area (Å²) in [7, 11) is 0. The van der Waals surface area contributed by atoms with Crippen molar-refractivity contribution in [1.29, 1.82) is 0 Å². The molecule has 1 unspecified atom stereocenters. The molecule has 1 atom stereocenters. The Labute approximate surface area is 108 Å². The van der Waals surface area contributed by atoms with Gasteiger partial charge in [-0.1, -0.05) is 37.8 Å². The van der Waals surface area contributed by atoms with Crippen LogP contribution in [0.5, 0.6) is 5.75 Å². The third-order valence-electron chi connectivity index (χ3n) is 2.66. The number of hydrogen-bond donors (Lipinski definition) is 2. The summed E-state index contributed by atoms with van der Waals surface area (Å²) in [6, 6.07) is 7.57. The number of nitrogens with one attached hydrogen (secondary N) is 1. The molecule has 0 heterocycles. The molecule has 96 valence electrons. The van der Waals surface area contributed by atoms with Crippen LogP contribution in [0, 0.1) is 0 Å². The van der Waals surface area contributed by atoms with E-state index >= 15 is 0 Å². The van der Waals surface area contributed by atoms with Crippen LogP contribution >= 0.6 is 11.6 Å². The smallest absolute Gasteiger partial charge is 0.119 e. The highest BCUT2D eigenvalue weighted by Crippen LogP contribution is 2.16. The third kappa shape index (κ3) is 5.91. The molecule has 1 rings (SSSR count). The number of hydrazine groups is 1. The van der Waals surface area contributed by atoms with E-state index in [4.69, 9.17) is 22.2 Å². The van der Waals surface area contributed by atoms with Crippen molar-refractivity contribution in [3.05, 3.63) is 29.3 Å². The van der Waals surface area contributed by atoms with Gasteiger partial charge in [-0.25, -0.2) is 0 Å². The summed E-state index contributed by atoms with van der Waals surface area (Å²) in [5.41, 5.74) is 2.79. The molecule has 4 heteroatoms. The topological polar surface area (TPSA) is 47.3 Å². The summed E-state index contributed by atoms with van der Waals surface area (Å²) >= 11 is 5.80. The van der Waals surface area contributed by atoms with E-state index in [1.54, 1.807) is 0 Å². The SMILES string of the molecule is CCCCCC(COc1ccc(Cl)cc1)NN. The standard InChI is InChI=1S/C13H21ClN2O/c1-2-3-4-5-12(16-15)10-17-13-8-6-11(14)7-9-13/h6-9,12,16H,2-5,10,15H2,1H3.